The van der Waals surface area contributed by atoms with Gasteiger partial charge in [-0.1, -0.05) is 31.2 Å². The highest BCUT2D eigenvalue weighted by atomic mass is 16.5. The number of phenols is 2. The Morgan fingerprint density at radius 2 is 1.00 bits per heavy atom. The lowest BCUT2D eigenvalue weighted by molar-refractivity contribution is 0.188. The van der Waals surface area contributed by atoms with E-state index in [1.165, 1.54) is 0 Å². The molecule has 0 aromatic heterocycles. The lowest BCUT2D eigenvalue weighted by Gasteiger charge is -2.15. The van der Waals surface area contributed by atoms with Crippen molar-refractivity contribution in [2.75, 3.05) is 13.2 Å². The van der Waals surface area contributed by atoms with Gasteiger partial charge in [-0.15, -0.1) is 0 Å². The lowest BCUT2D eigenvalue weighted by Crippen LogP contribution is -2.16. The number of phenolic OH excluding ortho intramolecular Hbond substituents is 2. The zero-order chi connectivity index (χ0) is 19.5. The van der Waals surface area contributed by atoms with Crippen molar-refractivity contribution >= 4 is 21.5 Å². The van der Waals surface area contributed by atoms with E-state index < -0.39 is 0 Å². The molecular weight excluding hydrogens is 352 g/mol. The first-order valence-corrected chi connectivity index (χ1v) is 9.28. The number of rotatable bonds is 6. The van der Waals surface area contributed by atoms with Crippen molar-refractivity contribution in [3.05, 3.63) is 72.8 Å². The van der Waals surface area contributed by atoms with Crippen molar-refractivity contribution in [3.63, 3.8) is 0 Å². The molecule has 0 unspecified atom stereocenters. The van der Waals surface area contributed by atoms with Crippen LogP contribution in [0.1, 0.15) is 6.92 Å². The van der Waals surface area contributed by atoms with Crippen LogP contribution in [0.25, 0.3) is 21.5 Å². The molecule has 4 aromatic rings. The largest absolute Gasteiger partial charge is 0.508 e. The molecule has 4 aromatic carbocycles. The summed E-state index contributed by atoms with van der Waals surface area (Å²) in [5, 5.41) is 23.1. The normalized spacial score (nSPS) is 11.2. The van der Waals surface area contributed by atoms with Crippen LogP contribution in [0.4, 0.5) is 0 Å². The van der Waals surface area contributed by atoms with Gasteiger partial charge in [-0.2, -0.15) is 0 Å². The third kappa shape index (κ3) is 4.12. The lowest BCUT2D eigenvalue weighted by atomic mass is 10.1. The third-order valence-electron chi connectivity index (χ3n) is 4.66. The van der Waals surface area contributed by atoms with E-state index in [1.807, 2.05) is 48.5 Å². The van der Waals surface area contributed by atoms with Crippen molar-refractivity contribution in [3.8, 4) is 23.0 Å². The van der Waals surface area contributed by atoms with E-state index in [0.29, 0.717) is 13.2 Å². The van der Waals surface area contributed by atoms with Crippen LogP contribution in [0.2, 0.25) is 0 Å². The Labute approximate surface area is 163 Å². The molecule has 0 radical (unpaired) electrons. The highest BCUT2D eigenvalue weighted by Crippen LogP contribution is 2.26. The van der Waals surface area contributed by atoms with Gasteiger partial charge in [0, 0.05) is 5.92 Å². The van der Waals surface area contributed by atoms with Crippen molar-refractivity contribution in [2.24, 2.45) is 5.92 Å². The fourth-order valence-electron chi connectivity index (χ4n) is 3.13. The molecule has 28 heavy (non-hydrogen) atoms. The average Bonchev–Trinajstić information content (AvgIpc) is 2.70. The van der Waals surface area contributed by atoms with E-state index in [9.17, 15) is 10.2 Å². The summed E-state index contributed by atoms with van der Waals surface area (Å²) in [6.45, 7) is 3.17. The molecule has 0 atom stereocenters. The minimum Gasteiger partial charge on any atom is -0.508 e. The van der Waals surface area contributed by atoms with Gasteiger partial charge in [0.2, 0.25) is 0 Å². The van der Waals surface area contributed by atoms with E-state index >= 15 is 0 Å². The predicted octanol–water partition coefficient (Wildman–Crippen LogP) is 5.50. The van der Waals surface area contributed by atoms with Crippen molar-refractivity contribution in [1.29, 1.82) is 0 Å². The molecule has 0 aliphatic rings. The highest BCUT2D eigenvalue weighted by molar-refractivity contribution is 5.85. The number of hydrogen-bond donors (Lipinski definition) is 2. The van der Waals surface area contributed by atoms with Crippen LogP contribution in [0.3, 0.4) is 0 Å². The Bertz CT molecular complexity index is 1030. The maximum absolute atomic E-state index is 9.54. The van der Waals surface area contributed by atoms with Crippen molar-refractivity contribution < 1.29 is 19.7 Å². The van der Waals surface area contributed by atoms with E-state index in [4.69, 9.17) is 9.47 Å². The zero-order valence-corrected chi connectivity index (χ0v) is 15.6. The fourth-order valence-corrected chi connectivity index (χ4v) is 3.13. The van der Waals surface area contributed by atoms with Crippen molar-refractivity contribution in [2.45, 2.75) is 6.92 Å². The maximum Gasteiger partial charge on any atom is 0.119 e. The number of aromatic hydroxyl groups is 2. The maximum atomic E-state index is 9.54. The molecule has 0 amide bonds. The SMILES string of the molecule is CC(COc1ccc2cc(O)ccc2c1)COc1ccc2cc(O)ccc2c1. The minimum atomic E-state index is 0.214. The minimum absolute atomic E-state index is 0.214. The van der Waals surface area contributed by atoms with Gasteiger partial charge in [-0.25, -0.2) is 0 Å². The number of fused-ring (bicyclic) bond motifs is 2. The molecule has 2 N–H and O–H groups in total. The van der Waals surface area contributed by atoms with Crippen LogP contribution in [-0.4, -0.2) is 23.4 Å². The quantitative estimate of drug-likeness (QED) is 0.468. The Morgan fingerprint density at radius 3 is 1.46 bits per heavy atom. The van der Waals surface area contributed by atoms with Gasteiger partial charge in [0.25, 0.3) is 0 Å². The van der Waals surface area contributed by atoms with E-state index in [0.717, 1.165) is 33.0 Å². The molecule has 0 aliphatic carbocycles. The van der Waals surface area contributed by atoms with E-state index in [1.54, 1.807) is 24.3 Å². The summed E-state index contributed by atoms with van der Waals surface area (Å²) in [6, 6.07) is 22.2. The summed E-state index contributed by atoms with van der Waals surface area (Å²) in [5.74, 6) is 2.34. The molecule has 142 valence electrons. The van der Waals surface area contributed by atoms with Gasteiger partial charge < -0.3 is 19.7 Å². The molecule has 0 bridgehead atoms. The molecule has 0 heterocycles. The molecular formula is C24H22O4. The van der Waals surface area contributed by atoms with Gasteiger partial charge in [-0.05, 0) is 70.1 Å². The Balaban J connectivity index is 1.33. The number of hydrogen-bond acceptors (Lipinski definition) is 4. The summed E-state index contributed by atoms with van der Waals surface area (Å²) < 4.78 is 11.8. The number of ether oxygens (including phenoxy) is 2. The topological polar surface area (TPSA) is 58.9 Å². The zero-order valence-electron chi connectivity index (χ0n) is 15.6. The summed E-state index contributed by atoms with van der Waals surface area (Å²) in [7, 11) is 0. The van der Waals surface area contributed by atoms with Crippen LogP contribution < -0.4 is 9.47 Å². The molecule has 0 aliphatic heterocycles. The van der Waals surface area contributed by atoms with Crippen LogP contribution in [0, 0.1) is 5.92 Å². The third-order valence-corrected chi connectivity index (χ3v) is 4.66. The molecule has 0 spiro atoms. The first-order valence-electron chi connectivity index (χ1n) is 9.28. The Kier molecular flexibility index (Phi) is 4.94. The smallest absolute Gasteiger partial charge is 0.119 e. The monoisotopic (exact) mass is 374 g/mol. The van der Waals surface area contributed by atoms with Crippen LogP contribution in [0.5, 0.6) is 23.0 Å². The first kappa shape index (κ1) is 18.0. The first-order chi connectivity index (χ1) is 13.6. The van der Waals surface area contributed by atoms with Gasteiger partial charge in [0.1, 0.15) is 23.0 Å². The van der Waals surface area contributed by atoms with Crippen LogP contribution in [0.15, 0.2) is 72.8 Å². The van der Waals surface area contributed by atoms with Gasteiger partial charge >= 0.3 is 0 Å². The average molecular weight is 374 g/mol. The predicted molar refractivity (Wildman–Crippen MR) is 111 cm³/mol. The summed E-state index contributed by atoms with van der Waals surface area (Å²) in [4.78, 5) is 0. The summed E-state index contributed by atoms with van der Waals surface area (Å²) in [6.07, 6.45) is 0. The Hall–Kier alpha value is -3.40. The molecule has 4 heteroatoms. The molecule has 0 saturated heterocycles. The Morgan fingerprint density at radius 1 is 0.607 bits per heavy atom. The summed E-state index contributed by atoms with van der Waals surface area (Å²) >= 11 is 0. The second-order valence-corrected chi connectivity index (χ2v) is 7.11. The molecule has 0 saturated carbocycles. The van der Waals surface area contributed by atoms with Gasteiger partial charge in [0.15, 0.2) is 0 Å². The fraction of sp³-hybridized carbons (Fsp3) is 0.167. The highest BCUT2D eigenvalue weighted by Gasteiger charge is 2.07. The van der Waals surface area contributed by atoms with Gasteiger partial charge in [-0.3, -0.25) is 0 Å². The second-order valence-electron chi connectivity index (χ2n) is 7.11. The number of benzene rings is 4. The van der Waals surface area contributed by atoms with Crippen LogP contribution in [-0.2, 0) is 0 Å². The van der Waals surface area contributed by atoms with Crippen LogP contribution >= 0.6 is 0 Å². The van der Waals surface area contributed by atoms with E-state index in [2.05, 4.69) is 6.92 Å². The molecule has 4 nitrogen and oxygen atoms in total. The summed E-state index contributed by atoms with van der Waals surface area (Å²) in [5.41, 5.74) is 0. The van der Waals surface area contributed by atoms with Gasteiger partial charge in [0.05, 0.1) is 13.2 Å². The second kappa shape index (κ2) is 7.69. The molecule has 0 fully saturated rings. The molecule has 4 rings (SSSR count). The van der Waals surface area contributed by atoms with Crippen molar-refractivity contribution in [1.82, 2.24) is 0 Å². The van der Waals surface area contributed by atoms with E-state index in [-0.39, 0.29) is 17.4 Å². The standard InChI is InChI=1S/C24H22O4/c1-16(14-27-23-8-4-17-10-21(25)6-2-19(17)12-23)15-28-24-9-5-18-11-22(26)7-3-20(18)13-24/h2-13,16,25-26H,14-15H2,1H3.